The summed E-state index contributed by atoms with van der Waals surface area (Å²) in [6.07, 6.45) is 11.0. The molecule has 3 aliphatic rings. The largest absolute Gasteiger partial charge is 0.383 e. The number of hydrogen-bond acceptors (Lipinski definition) is 18. The smallest absolute Gasteiger partial charge is 0.255 e. The van der Waals surface area contributed by atoms with Gasteiger partial charge in [-0.2, -0.15) is 15.3 Å². The number of nitrogens with one attached hydrogen (secondary N) is 2. The molecular formula is C83H82Cl2N20O3. The summed E-state index contributed by atoms with van der Waals surface area (Å²) in [6.45, 7) is 12.0. The molecule has 2 amide bonds. The van der Waals surface area contributed by atoms with Crippen molar-refractivity contribution in [3.05, 3.63) is 235 Å². The Hall–Kier alpha value is -11.9. The number of amides is 2. The zero-order valence-corrected chi connectivity index (χ0v) is 62.5. The van der Waals surface area contributed by atoms with Crippen molar-refractivity contribution in [3.63, 3.8) is 0 Å². The van der Waals surface area contributed by atoms with Gasteiger partial charge in [0.2, 0.25) is 0 Å². The lowest BCUT2D eigenvalue weighted by molar-refractivity contribution is -0.117. The number of hydrogen-bond donors (Lipinski definition) is 5. The monoisotopic (exact) mass is 1480 g/mol. The Morgan fingerprint density at radius 3 is 1.24 bits per heavy atom. The van der Waals surface area contributed by atoms with E-state index in [1.165, 1.54) is 19.0 Å². The van der Waals surface area contributed by atoms with Crippen LogP contribution >= 0.6 is 23.2 Å². The van der Waals surface area contributed by atoms with E-state index in [9.17, 15) is 14.4 Å². The number of nitrogens with zero attached hydrogens (tertiary/aromatic N) is 15. The number of aromatic nitrogens is 12. The molecule has 12 aromatic rings. The van der Waals surface area contributed by atoms with Gasteiger partial charge in [0, 0.05) is 52.0 Å². The lowest BCUT2D eigenvalue weighted by Gasteiger charge is -2.29. The number of ketones is 1. The number of anilines is 5. The molecule has 0 saturated carbocycles. The Morgan fingerprint density at radius 2 is 0.806 bits per heavy atom. The summed E-state index contributed by atoms with van der Waals surface area (Å²) >= 11 is 12.9. The number of aryl methyl sites for hydroxylation is 3. The van der Waals surface area contributed by atoms with Gasteiger partial charge in [-0.3, -0.25) is 14.4 Å². The number of nitrogens with two attached hydrogens (primary N) is 3. The summed E-state index contributed by atoms with van der Waals surface area (Å²) in [5.41, 5.74) is 31.8. The zero-order chi connectivity index (χ0) is 75.5. The number of nitrogen functional groups attached to an aromatic ring is 3. The zero-order valence-electron chi connectivity index (χ0n) is 61.0. The lowest BCUT2D eigenvalue weighted by Crippen LogP contribution is -2.32. The number of fused-ring (bicyclic) bond motifs is 3. The Morgan fingerprint density at radius 1 is 0.426 bits per heavy atom. The maximum Gasteiger partial charge on any atom is 0.255 e. The third kappa shape index (κ3) is 18.0. The van der Waals surface area contributed by atoms with Crippen molar-refractivity contribution in [3.8, 4) is 35.5 Å². The van der Waals surface area contributed by atoms with Crippen LogP contribution in [-0.4, -0.2) is 152 Å². The molecule has 3 fully saturated rings. The average Bonchev–Trinajstić information content (AvgIpc) is 1.64. The standard InChI is InChI=1S/C29H29ClN6O.C27H26ClN7O.C27H27N7O/c1-19-4-3-5-20(14-19)16-24(37)17-21-6-8-25(30)22(15-21)7-9-26-27-28(31)32-18-33-29(27)36(34-26)23-10-12-35(2)13-11-23;1-17-4-3-5-20(14-17)32-27(36)19-6-8-22(28)18(15-19)7-9-23-24-25(29)30-16-31-26(24)35(33-23)21-10-12-34(2)13-11-21;1-18-5-3-8-21(15-18)31-27(35)20-7-4-6-19(16-20)9-10-23-24-25(28)29-17-30-26(24)34(32-23)22-11-13-33(2)14-12-22/h3-6,8,14-15,18,23H,10-13,16-17H2,1-2H3,(H2,31,32,33);3-6,8,14-16,21H,10-13H2,1-2H3,(H,32,36)(H2,29,30,31);3-8,15-17,22H,11-14H2,1-2H3,(H,31,35)(H2,28,29,30). The number of Topliss-reactive ketones (excluding diaryl/α,β-unsaturated/α-hetero) is 1. The summed E-state index contributed by atoms with van der Waals surface area (Å²) in [4.78, 5) is 71.1. The van der Waals surface area contributed by atoms with E-state index >= 15 is 0 Å². The fourth-order valence-corrected chi connectivity index (χ4v) is 13.9. The molecule has 0 unspecified atom stereocenters. The summed E-state index contributed by atoms with van der Waals surface area (Å²) in [5.74, 6) is 19.6. The summed E-state index contributed by atoms with van der Waals surface area (Å²) < 4.78 is 5.83. The van der Waals surface area contributed by atoms with Crippen LogP contribution in [0.25, 0.3) is 33.1 Å². The maximum atomic E-state index is 12.8. The molecule has 25 heteroatoms. The highest BCUT2D eigenvalue weighted by Gasteiger charge is 2.28. The predicted octanol–water partition coefficient (Wildman–Crippen LogP) is 12.3. The van der Waals surface area contributed by atoms with E-state index in [2.05, 4.69) is 112 Å². The Bertz CT molecular complexity index is 5570. The number of piperidine rings is 3. The number of carbonyl (C=O) groups excluding carboxylic acids is 3. The number of likely N-dealkylation sites (tertiary alicyclic amines) is 3. The van der Waals surface area contributed by atoms with E-state index in [1.807, 2.05) is 132 Å². The molecular weight excluding hydrogens is 1400 g/mol. The molecule has 6 aromatic heterocycles. The molecule has 0 spiro atoms. The van der Waals surface area contributed by atoms with Gasteiger partial charge in [-0.25, -0.2) is 43.9 Å². The lowest BCUT2D eigenvalue weighted by atomic mass is 10.0. The van der Waals surface area contributed by atoms with Gasteiger partial charge in [0.05, 0.1) is 44.3 Å². The molecule has 8 N–H and O–H groups in total. The molecule has 15 rings (SSSR count). The van der Waals surface area contributed by atoms with E-state index in [4.69, 9.17) is 55.7 Å². The molecule has 108 heavy (non-hydrogen) atoms. The first-order valence-corrected chi connectivity index (χ1v) is 36.6. The summed E-state index contributed by atoms with van der Waals surface area (Å²) in [7, 11) is 6.37. The van der Waals surface area contributed by atoms with Crippen molar-refractivity contribution in [2.75, 3.05) is 88.2 Å². The first-order chi connectivity index (χ1) is 52.2. The second-order valence-electron chi connectivity index (χ2n) is 27.7. The molecule has 3 aliphatic heterocycles. The normalized spacial score (nSPS) is 14.4. The second kappa shape index (κ2) is 33.7. The second-order valence-corrected chi connectivity index (χ2v) is 28.5. The number of rotatable bonds is 11. The average molecular weight is 1480 g/mol. The molecule has 3 saturated heterocycles. The van der Waals surface area contributed by atoms with Crippen LogP contribution in [0.15, 0.2) is 152 Å². The van der Waals surface area contributed by atoms with Crippen LogP contribution in [0, 0.1) is 56.3 Å². The van der Waals surface area contributed by atoms with Gasteiger partial charge in [-0.15, -0.1) is 0 Å². The van der Waals surface area contributed by atoms with Crippen molar-refractivity contribution in [2.24, 2.45) is 0 Å². The van der Waals surface area contributed by atoms with Crippen LogP contribution in [0.4, 0.5) is 28.8 Å². The highest BCUT2D eigenvalue weighted by atomic mass is 35.5. The molecule has 546 valence electrons. The molecule has 23 nitrogen and oxygen atoms in total. The molecule has 6 aromatic carbocycles. The van der Waals surface area contributed by atoms with Crippen molar-refractivity contribution in [2.45, 2.75) is 90.3 Å². The minimum absolute atomic E-state index is 0.139. The van der Waals surface area contributed by atoms with Crippen molar-refractivity contribution < 1.29 is 14.4 Å². The molecule has 0 radical (unpaired) electrons. The van der Waals surface area contributed by atoms with Crippen LogP contribution in [0.3, 0.4) is 0 Å². The van der Waals surface area contributed by atoms with Gasteiger partial charge in [-0.1, -0.05) is 107 Å². The van der Waals surface area contributed by atoms with Gasteiger partial charge < -0.3 is 42.5 Å². The quantitative estimate of drug-likeness (QED) is 0.0752. The van der Waals surface area contributed by atoms with Gasteiger partial charge in [0.1, 0.15) is 59.3 Å². The predicted molar refractivity (Wildman–Crippen MR) is 426 cm³/mol. The minimum Gasteiger partial charge on any atom is -0.383 e. The first-order valence-electron chi connectivity index (χ1n) is 35.8. The van der Waals surface area contributed by atoms with Crippen LogP contribution in [0.1, 0.15) is 139 Å². The molecule has 0 aliphatic carbocycles. The summed E-state index contributed by atoms with van der Waals surface area (Å²) in [5, 5.41) is 23.2. The van der Waals surface area contributed by atoms with E-state index in [-0.39, 0.29) is 35.7 Å². The third-order valence-electron chi connectivity index (χ3n) is 19.4. The van der Waals surface area contributed by atoms with E-state index in [1.54, 1.807) is 36.4 Å². The van der Waals surface area contributed by atoms with Gasteiger partial charge in [0.15, 0.2) is 16.9 Å². The van der Waals surface area contributed by atoms with Gasteiger partial charge in [-0.05, 0) is 233 Å². The SMILES string of the molecule is Cc1cccc(CC(=O)Cc2ccc(Cl)c(C#Cc3nn(C4CCN(C)CC4)c4ncnc(N)c34)c2)c1.Cc1cccc(NC(=O)c2ccc(Cl)c(C#Cc3nn(C4CCN(C)CC4)c4ncnc(N)c34)c2)c1.Cc1cccc(NC(=O)c2cccc(C#Cc3nn(C4CCN(C)CC4)c4ncnc(N)c34)c2)c1. The highest BCUT2D eigenvalue weighted by Crippen LogP contribution is 2.33. The van der Waals surface area contributed by atoms with Crippen LogP contribution in [0.5, 0.6) is 0 Å². The van der Waals surface area contributed by atoms with Crippen LogP contribution < -0.4 is 27.8 Å². The maximum absolute atomic E-state index is 12.8. The Labute approximate surface area is 636 Å². The van der Waals surface area contributed by atoms with E-state index in [0.717, 1.165) is 117 Å². The first kappa shape index (κ1) is 74.4. The number of benzene rings is 6. The number of carbonyl (C=O) groups is 3. The van der Waals surface area contributed by atoms with Gasteiger partial charge in [0.25, 0.3) is 11.8 Å². The molecule has 0 bridgehead atoms. The highest BCUT2D eigenvalue weighted by molar-refractivity contribution is 6.32. The van der Waals surface area contributed by atoms with Crippen LogP contribution in [0.2, 0.25) is 10.0 Å². The Balaban J connectivity index is 0.000000143. The topological polar surface area (TPSA) is 294 Å². The molecule has 0 atom stereocenters. The Kier molecular flexibility index (Phi) is 23.2. The minimum atomic E-state index is -0.241. The fourth-order valence-electron chi connectivity index (χ4n) is 13.6. The molecule has 9 heterocycles. The van der Waals surface area contributed by atoms with Crippen molar-refractivity contribution in [1.82, 2.24) is 73.9 Å². The third-order valence-corrected chi connectivity index (χ3v) is 20.1. The fraction of sp³-hybridized carbons (Fsp3) is 0.277. The number of halogens is 2. The van der Waals surface area contributed by atoms with Gasteiger partial charge >= 0.3 is 0 Å². The van der Waals surface area contributed by atoms with Crippen molar-refractivity contribution in [1.29, 1.82) is 0 Å². The summed E-state index contributed by atoms with van der Waals surface area (Å²) in [6, 6.07) is 41.8. The van der Waals surface area contributed by atoms with E-state index in [0.29, 0.717) is 118 Å². The van der Waals surface area contributed by atoms with E-state index < -0.39 is 0 Å². The van der Waals surface area contributed by atoms with Crippen molar-refractivity contribution >= 4 is 103 Å². The van der Waals surface area contributed by atoms with Crippen LogP contribution in [-0.2, 0) is 17.6 Å².